The Morgan fingerprint density at radius 2 is 1.88 bits per heavy atom. The van der Waals surface area contributed by atoms with Gasteiger partial charge >= 0.3 is 0 Å². The number of halogens is 1. The molecule has 1 heterocycles. The van der Waals surface area contributed by atoms with Gasteiger partial charge < -0.3 is 19.9 Å². The summed E-state index contributed by atoms with van der Waals surface area (Å²) in [4.78, 5) is 4.67. The number of aryl methyl sites for hydroxylation is 1. The van der Waals surface area contributed by atoms with E-state index in [9.17, 15) is 0 Å². The van der Waals surface area contributed by atoms with E-state index in [0.29, 0.717) is 19.0 Å². The third kappa shape index (κ3) is 6.81. The van der Waals surface area contributed by atoms with Crippen LogP contribution in [0.15, 0.2) is 29.3 Å². The summed E-state index contributed by atoms with van der Waals surface area (Å²) >= 11 is 0. The van der Waals surface area contributed by atoms with Crippen LogP contribution >= 0.6 is 24.0 Å². The van der Waals surface area contributed by atoms with Crippen LogP contribution in [0, 0.1) is 12.8 Å². The molecule has 0 aliphatic heterocycles. The van der Waals surface area contributed by atoms with Gasteiger partial charge in [0, 0.05) is 13.6 Å². The van der Waals surface area contributed by atoms with Crippen LogP contribution in [0.3, 0.4) is 0 Å². The van der Waals surface area contributed by atoms with E-state index in [2.05, 4.69) is 39.7 Å². The highest BCUT2D eigenvalue weighted by atomic mass is 127. The Balaban J connectivity index is 0.00000338. The van der Waals surface area contributed by atoms with Crippen LogP contribution in [-0.2, 0) is 20.1 Å². The summed E-state index contributed by atoms with van der Waals surface area (Å²) in [5.41, 5.74) is 1.13. The van der Waals surface area contributed by atoms with E-state index >= 15 is 0 Å². The van der Waals surface area contributed by atoms with E-state index in [1.165, 1.54) is 0 Å². The zero-order valence-electron chi connectivity index (χ0n) is 16.1. The largest absolute Gasteiger partial charge is 0.497 e. The molecule has 26 heavy (non-hydrogen) atoms. The summed E-state index contributed by atoms with van der Waals surface area (Å²) in [6.07, 6.45) is 0. The predicted octanol–water partition coefficient (Wildman–Crippen LogP) is 2.64. The summed E-state index contributed by atoms with van der Waals surface area (Å²) in [6.45, 7) is 8.29. The lowest BCUT2D eigenvalue weighted by atomic mass is 10.2. The van der Waals surface area contributed by atoms with E-state index in [1.54, 1.807) is 7.11 Å². The summed E-state index contributed by atoms with van der Waals surface area (Å²) in [7, 11) is 3.63. The zero-order valence-corrected chi connectivity index (χ0v) is 18.4. The summed E-state index contributed by atoms with van der Waals surface area (Å²) in [6, 6.07) is 7.94. The second-order valence-electron chi connectivity index (χ2n) is 6.36. The molecule has 2 rings (SSSR count). The van der Waals surface area contributed by atoms with Crippen molar-refractivity contribution in [3.05, 3.63) is 41.5 Å². The van der Waals surface area contributed by atoms with Crippen LogP contribution in [0.4, 0.5) is 0 Å². The minimum atomic E-state index is 0. The Kier molecular flexibility index (Phi) is 9.39. The fourth-order valence-corrected chi connectivity index (χ4v) is 2.14. The predicted molar refractivity (Wildman–Crippen MR) is 115 cm³/mol. The molecule has 0 radical (unpaired) electrons. The Morgan fingerprint density at radius 1 is 1.19 bits per heavy atom. The highest BCUT2D eigenvalue weighted by Gasteiger charge is 2.07. The van der Waals surface area contributed by atoms with Gasteiger partial charge in [-0.15, -0.1) is 34.2 Å². The number of aromatic nitrogens is 3. The monoisotopic (exact) mass is 472 g/mol. The number of methoxy groups -OCH3 is 1. The number of nitrogens with zero attached hydrogens (tertiary/aromatic N) is 4. The molecule has 2 aromatic rings. The van der Waals surface area contributed by atoms with Crippen LogP contribution in [0.5, 0.6) is 5.75 Å². The van der Waals surface area contributed by atoms with E-state index in [1.807, 2.05) is 42.8 Å². The molecule has 0 amide bonds. The van der Waals surface area contributed by atoms with Crippen molar-refractivity contribution < 1.29 is 4.74 Å². The molecule has 8 heteroatoms. The minimum absolute atomic E-state index is 0. The lowest BCUT2D eigenvalue weighted by molar-refractivity contribution is 0.414. The molecule has 144 valence electrons. The summed E-state index contributed by atoms with van der Waals surface area (Å²) < 4.78 is 7.15. The Hall–Kier alpha value is -1.84. The van der Waals surface area contributed by atoms with Gasteiger partial charge in [-0.1, -0.05) is 26.0 Å². The Morgan fingerprint density at radius 3 is 2.42 bits per heavy atom. The van der Waals surface area contributed by atoms with E-state index in [-0.39, 0.29) is 24.0 Å². The number of nitrogens with one attached hydrogen (secondary N) is 2. The zero-order chi connectivity index (χ0) is 18.2. The van der Waals surface area contributed by atoms with Crippen molar-refractivity contribution in [3.8, 4) is 5.75 Å². The lowest BCUT2D eigenvalue weighted by Gasteiger charge is -2.14. The molecule has 0 aliphatic carbocycles. The van der Waals surface area contributed by atoms with E-state index in [0.717, 1.165) is 35.5 Å². The second-order valence-corrected chi connectivity index (χ2v) is 6.36. The van der Waals surface area contributed by atoms with Crippen molar-refractivity contribution in [1.29, 1.82) is 0 Å². The van der Waals surface area contributed by atoms with Gasteiger partial charge in [-0.3, -0.25) is 0 Å². The highest BCUT2D eigenvalue weighted by Crippen LogP contribution is 2.11. The van der Waals surface area contributed by atoms with Crippen LogP contribution in [0.1, 0.15) is 31.1 Å². The van der Waals surface area contributed by atoms with Crippen LogP contribution in [0.25, 0.3) is 0 Å². The first-order chi connectivity index (χ1) is 12.0. The number of guanidine groups is 1. The van der Waals surface area contributed by atoms with Crippen molar-refractivity contribution in [2.75, 3.05) is 13.7 Å². The van der Waals surface area contributed by atoms with Crippen LogP contribution in [0.2, 0.25) is 0 Å². The van der Waals surface area contributed by atoms with Crippen LogP contribution < -0.4 is 15.4 Å². The van der Waals surface area contributed by atoms with Crippen molar-refractivity contribution in [2.45, 2.75) is 33.9 Å². The molecule has 1 aromatic carbocycles. The van der Waals surface area contributed by atoms with Gasteiger partial charge in [0.15, 0.2) is 11.8 Å². The van der Waals surface area contributed by atoms with Crippen molar-refractivity contribution in [2.24, 2.45) is 18.0 Å². The number of benzene rings is 1. The van der Waals surface area contributed by atoms with Gasteiger partial charge in [0.05, 0.1) is 20.2 Å². The topological polar surface area (TPSA) is 76.4 Å². The summed E-state index contributed by atoms with van der Waals surface area (Å²) in [5.74, 6) is 3.92. The molecular weight excluding hydrogens is 443 g/mol. The number of hydrogen-bond donors (Lipinski definition) is 2. The van der Waals surface area contributed by atoms with Crippen LogP contribution in [-0.4, -0.2) is 34.4 Å². The maximum absolute atomic E-state index is 5.18. The lowest BCUT2D eigenvalue weighted by Crippen LogP contribution is -2.39. The molecule has 0 saturated carbocycles. The molecule has 0 fully saturated rings. The molecule has 1 aromatic heterocycles. The average Bonchev–Trinajstić information content (AvgIpc) is 2.93. The number of aliphatic imine (C=N–C) groups is 1. The first-order valence-electron chi connectivity index (χ1n) is 8.49. The third-order valence-electron chi connectivity index (χ3n) is 3.85. The average molecular weight is 472 g/mol. The molecule has 0 saturated heterocycles. The Labute approximate surface area is 172 Å². The minimum Gasteiger partial charge on any atom is -0.497 e. The normalized spacial score (nSPS) is 11.2. The van der Waals surface area contributed by atoms with Gasteiger partial charge in [-0.05, 0) is 30.5 Å². The molecule has 0 unspecified atom stereocenters. The second kappa shape index (κ2) is 11.0. The summed E-state index contributed by atoms with van der Waals surface area (Å²) in [5, 5.41) is 14.9. The van der Waals surface area contributed by atoms with Crippen molar-refractivity contribution in [3.63, 3.8) is 0 Å². The van der Waals surface area contributed by atoms with Gasteiger partial charge in [-0.25, -0.2) is 4.99 Å². The van der Waals surface area contributed by atoms with E-state index in [4.69, 9.17) is 4.74 Å². The van der Waals surface area contributed by atoms with Gasteiger partial charge in [-0.2, -0.15) is 0 Å². The fraction of sp³-hybridized carbons (Fsp3) is 0.500. The Bertz CT molecular complexity index is 696. The highest BCUT2D eigenvalue weighted by molar-refractivity contribution is 14.0. The fourth-order valence-electron chi connectivity index (χ4n) is 2.14. The van der Waals surface area contributed by atoms with E-state index < -0.39 is 0 Å². The standard InChI is InChI=1S/C18H28N6O.HI/c1-13(2)10-19-18(21-12-17-23-22-14(3)24(17)4)20-11-15-6-8-16(25-5)9-7-15;/h6-9,13H,10-12H2,1-5H3,(H2,19,20,21);1H. The maximum Gasteiger partial charge on any atom is 0.191 e. The first-order valence-corrected chi connectivity index (χ1v) is 8.49. The molecule has 0 bridgehead atoms. The van der Waals surface area contributed by atoms with Gasteiger partial charge in [0.1, 0.15) is 11.6 Å². The molecule has 0 aliphatic rings. The third-order valence-corrected chi connectivity index (χ3v) is 3.85. The maximum atomic E-state index is 5.18. The first kappa shape index (κ1) is 22.2. The molecular formula is C18H29IN6O. The molecule has 0 atom stereocenters. The van der Waals surface area contributed by atoms with Crippen molar-refractivity contribution in [1.82, 2.24) is 25.4 Å². The number of rotatable bonds is 7. The van der Waals surface area contributed by atoms with Crippen molar-refractivity contribution >= 4 is 29.9 Å². The number of hydrogen-bond acceptors (Lipinski definition) is 4. The van der Waals surface area contributed by atoms with Gasteiger partial charge in [0.2, 0.25) is 0 Å². The SMILES string of the molecule is COc1ccc(CN=C(NCc2nnc(C)n2C)NCC(C)C)cc1.I. The molecule has 0 spiro atoms. The quantitative estimate of drug-likeness (QED) is 0.368. The smallest absolute Gasteiger partial charge is 0.191 e. The van der Waals surface area contributed by atoms with Gasteiger partial charge in [0.25, 0.3) is 0 Å². The number of ether oxygens (including phenoxy) is 1. The molecule has 2 N–H and O–H groups in total. The molecule has 7 nitrogen and oxygen atoms in total.